The number of nitrogens with one attached hydrogen (secondary N) is 1. The summed E-state index contributed by atoms with van der Waals surface area (Å²) in [5, 5.41) is 2.86. The second-order valence-electron chi connectivity index (χ2n) is 5.55. The zero-order valence-corrected chi connectivity index (χ0v) is 13.6. The van der Waals surface area contributed by atoms with E-state index in [-0.39, 0.29) is 11.8 Å². The first kappa shape index (κ1) is 16.7. The van der Waals surface area contributed by atoms with Crippen LogP contribution in [-0.4, -0.2) is 29.8 Å². The monoisotopic (exact) mass is 310 g/mol. The van der Waals surface area contributed by atoms with Crippen molar-refractivity contribution < 1.29 is 9.59 Å². The molecule has 0 unspecified atom stereocenters. The second-order valence-corrected chi connectivity index (χ2v) is 5.55. The highest BCUT2D eigenvalue weighted by Crippen LogP contribution is 2.05. The maximum absolute atomic E-state index is 12.1. The van der Waals surface area contributed by atoms with Crippen molar-refractivity contribution in [3.8, 4) is 0 Å². The molecule has 0 aliphatic rings. The minimum Gasteiger partial charge on any atom is -0.350 e. The van der Waals surface area contributed by atoms with Gasteiger partial charge in [-0.3, -0.25) is 9.59 Å². The van der Waals surface area contributed by atoms with Crippen LogP contribution < -0.4 is 5.32 Å². The van der Waals surface area contributed by atoms with E-state index in [1.54, 1.807) is 17.9 Å². The van der Waals surface area contributed by atoms with E-state index < -0.39 is 0 Å². The molecule has 0 spiro atoms. The highest BCUT2D eigenvalue weighted by atomic mass is 16.2. The normalized spacial score (nSPS) is 10.2. The van der Waals surface area contributed by atoms with Gasteiger partial charge in [0.1, 0.15) is 0 Å². The highest BCUT2D eigenvalue weighted by Gasteiger charge is 2.10. The molecule has 4 heteroatoms. The van der Waals surface area contributed by atoms with E-state index in [1.165, 1.54) is 0 Å². The van der Waals surface area contributed by atoms with E-state index >= 15 is 0 Å². The topological polar surface area (TPSA) is 49.4 Å². The lowest BCUT2D eigenvalue weighted by atomic mass is 10.1. The van der Waals surface area contributed by atoms with Gasteiger partial charge in [0.2, 0.25) is 5.91 Å². The molecule has 0 saturated heterocycles. The zero-order chi connectivity index (χ0) is 16.7. The minimum atomic E-state index is -0.114. The maximum atomic E-state index is 12.1. The molecule has 2 amide bonds. The first-order chi connectivity index (χ1) is 11.1. The molecule has 0 aliphatic carbocycles. The first-order valence-corrected chi connectivity index (χ1v) is 7.70. The number of rotatable bonds is 6. The van der Waals surface area contributed by atoms with Crippen molar-refractivity contribution in [3.63, 3.8) is 0 Å². The van der Waals surface area contributed by atoms with Crippen molar-refractivity contribution in [2.75, 3.05) is 13.1 Å². The van der Waals surface area contributed by atoms with E-state index in [4.69, 9.17) is 0 Å². The Morgan fingerprint density at radius 2 is 1.78 bits per heavy atom. The molecule has 23 heavy (non-hydrogen) atoms. The number of amides is 2. The van der Waals surface area contributed by atoms with Crippen molar-refractivity contribution >= 4 is 11.8 Å². The number of nitrogens with zero attached hydrogens (tertiary/aromatic N) is 1. The van der Waals surface area contributed by atoms with E-state index in [9.17, 15) is 9.59 Å². The van der Waals surface area contributed by atoms with Crippen molar-refractivity contribution in [1.82, 2.24) is 10.2 Å². The number of carbonyl (C=O) groups excluding carboxylic acids is 2. The van der Waals surface area contributed by atoms with Crippen LogP contribution in [0.15, 0.2) is 54.6 Å². The van der Waals surface area contributed by atoms with Gasteiger partial charge in [-0.2, -0.15) is 0 Å². The molecule has 2 rings (SSSR count). The summed E-state index contributed by atoms with van der Waals surface area (Å²) in [6.45, 7) is 4.97. The molecular formula is C19H22N2O2. The third-order valence-electron chi connectivity index (χ3n) is 3.61. The van der Waals surface area contributed by atoms with Crippen LogP contribution in [0, 0.1) is 6.92 Å². The van der Waals surface area contributed by atoms with Gasteiger partial charge in [-0.25, -0.2) is 0 Å². The smallest absolute Gasteiger partial charge is 0.251 e. The Bertz CT molecular complexity index is 668. The molecule has 0 fully saturated rings. The van der Waals surface area contributed by atoms with Gasteiger partial charge in [-0.05, 0) is 24.6 Å². The lowest BCUT2D eigenvalue weighted by molar-refractivity contribution is -0.129. The molecular weight excluding hydrogens is 288 g/mol. The predicted molar refractivity (Wildman–Crippen MR) is 91.0 cm³/mol. The summed E-state index contributed by atoms with van der Waals surface area (Å²) < 4.78 is 0. The van der Waals surface area contributed by atoms with E-state index in [1.807, 2.05) is 55.5 Å². The largest absolute Gasteiger partial charge is 0.350 e. The van der Waals surface area contributed by atoms with E-state index in [2.05, 4.69) is 5.32 Å². The van der Waals surface area contributed by atoms with E-state index in [0.717, 1.165) is 11.1 Å². The molecule has 0 aromatic heterocycles. The van der Waals surface area contributed by atoms with Crippen molar-refractivity contribution in [2.24, 2.45) is 0 Å². The molecule has 4 nitrogen and oxygen atoms in total. The summed E-state index contributed by atoms with van der Waals surface area (Å²) in [5.74, 6) is -0.115. The zero-order valence-electron chi connectivity index (χ0n) is 13.6. The summed E-state index contributed by atoms with van der Waals surface area (Å²) >= 11 is 0. The van der Waals surface area contributed by atoms with Crippen molar-refractivity contribution in [2.45, 2.75) is 20.4 Å². The molecule has 0 saturated carbocycles. The second kappa shape index (κ2) is 8.13. The predicted octanol–water partition coefficient (Wildman–Crippen LogP) is 2.77. The molecule has 0 bridgehead atoms. The Morgan fingerprint density at radius 1 is 1.04 bits per heavy atom. The fraction of sp³-hybridized carbons (Fsp3) is 0.263. The Morgan fingerprint density at radius 3 is 2.43 bits per heavy atom. The fourth-order valence-corrected chi connectivity index (χ4v) is 2.34. The van der Waals surface area contributed by atoms with Crippen LogP contribution in [0.25, 0.3) is 0 Å². The van der Waals surface area contributed by atoms with Gasteiger partial charge in [0.15, 0.2) is 0 Å². The van der Waals surface area contributed by atoms with Crippen LogP contribution in [0.4, 0.5) is 0 Å². The van der Waals surface area contributed by atoms with Crippen LogP contribution in [0.1, 0.15) is 28.4 Å². The third-order valence-corrected chi connectivity index (χ3v) is 3.61. The van der Waals surface area contributed by atoms with Crippen LogP contribution in [0.3, 0.4) is 0 Å². The van der Waals surface area contributed by atoms with Gasteiger partial charge < -0.3 is 10.2 Å². The lowest BCUT2D eigenvalue weighted by Crippen LogP contribution is -2.37. The van der Waals surface area contributed by atoms with Crippen LogP contribution >= 0.6 is 0 Å². The molecule has 2 aromatic rings. The lowest BCUT2D eigenvalue weighted by Gasteiger charge is -2.21. The maximum Gasteiger partial charge on any atom is 0.251 e. The molecule has 0 atom stereocenters. The standard InChI is InChI=1S/C19H22N2O2/c1-15-7-6-10-18(13-15)19(23)20-11-12-21(16(2)22)14-17-8-4-3-5-9-17/h3-10,13H,11-12,14H2,1-2H3,(H,20,23). The van der Waals surface area contributed by atoms with Gasteiger partial charge in [-0.1, -0.05) is 48.0 Å². The van der Waals surface area contributed by atoms with Crippen LogP contribution in [0.5, 0.6) is 0 Å². The fourth-order valence-electron chi connectivity index (χ4n) is 2.34. The summed E-state index contributed by atoms with van der Waals surface area (Å²) in [4.78, 5) is 25.6. The number of carbonyl (C=O) groups is 2. The Labute approximate surface area is 137 Å². The van der Waals surface area contributed by atoms with Crippen molar-refractivity contribution in [3.05, 3.63) is 71.3 Å². The molecule has 0 heterocycles. The van der Waals surface area contributed by atoms with Crippen LogP contribution in [-0.2, 0) is 11.3 Å². The van der Waals surface area contributed by atoms with Gasteiger partial charge >= 0.3 is 0 Å². The highest BCUT2D eigenvalue weighted by molar-refractivity contribution is 5.94. The van der Waals surface area contributed by atoms with Gasteiger partial charge in [0, 0.05) is 32.1 Å². The van der Waals surface area contributed by atoms with Gasteiger partial charge in [0.25, 0.3) is 5.91 Å². The minimum absolute atomic E-state index is 0.00124. The molecule has 1 N–H and O–H groups in total. The number of aryl methyl sites for hydroxylation is 1. The first-order valence-electron chi connectivity index (χ1n) is 7.70. The Balaban J connectivity index is 1.87. The quantitative estimate of drug-likeness (QED) is 0.892. The van der Waals surface area contributed by atoms with Gasteiger partial charge in [0.05, 0.1) is 0 Å². The Kier molecular flexibility index (Phi) is 5.92. The SMILES string of the molecule is CC(=O)N(CCNC(=O)c1cccc(C)c1)Cc1ccccc1. The van der Waals surface area contributed by atoms with Crippen molar-refractivity contribution in [1.29, 1.82) is 0 Å². The van der Waals surface area contributed by atoms with E-state index in [0.29, 0.717) is 25.2 Å². The molecule has 0 radical (unpaired) electrons. The average molecular weight is 310 g/mol. The summed E-state index contributed by atoms with van der Waals surface area (Å²) in [6.07, 6.45) is 0. The number of benzene rings is 2. The third kappa shape index (κ3) is 5.25. The number of hydrogen-bond donors (Lipinski definition) is 1. The summed E-state index contributed by atoms with van der Waals surface area (Å²) in [5.41, 5.74) is 2.77. The number of hydrogen-bond acceptors (Lipinski definition) is 2. The molecule has 2 aromatic carbocycles. The molecule has 120 valence electrons. The van der Waals surface area contributed by atoms with Crippen LogP contribution in [0.2, 0.25) is 0 Å². The average Bonchev–Trinajstić information content (AvgIpc) is 2.54. The Hall–Kier alpha value is -2.62. The van der Waals surface area contributed by atoms with Gasteiger partial charge in [-0.15, -0.1) is 0 Å². The molecule has 0 aliphatic heterocycles. The summed E-state index contributed by atoms with van der Waals surface area (Å²) in [6, 6.07) is 17.3. The summed E-state index contributed by atoms with van der Waals surface area (Å²) in [7, 11) is 0.